The topological polar surface area (TPSA) is 94.5 Å². The Hall–Kier alpha value is 0.617. The molecule has 1 unspecified atom stereocenters. The van der Waals surface area contributed by atoms with E-state index in [1.807, 2.05) is 0 Å². The van der Waals surface area contributed by atoms with Gasteiger partial charge in [0.05, 0.1) is 10.1 Å². The number of hydrogen-bond acceptors (Lipinski definition) is 4. The molecule has 46 valence electrons. The monoisotopic (exact) mass is 153 g/mol. The Morgan fingerprint density at radius 3 is 1.75 bits per heavy atom. The molecule has 0 aromatic rings. The van der Waals surface area contributed by atoms with E-state index in [-0.39, 0.29) is 20.3 Å². The van der Waals surface area contributed by atoms with Crippen LogP contribution in [0.25, 0.3) is 0 Å². The van der Waals surface area contributed by atoms with E-state index in [0.717, 1.165) is 0 Å². The summed E-state index contributed by atoms with van der Waals surface area (Å²) in [6, 6.07) is 0. The van der Waals surface area contributed by atoms with Crippen LogP contribution in [0.2, 0.25) is 0 Å². The molecule has 0 bridgehead atoms. The minimum absolute atomic E-state index is 0. The molecule has 0 rings (SSSR count). The van der Waals surface area contributed by atoms with E-state index in [1.54, 1.807) is 0 Å². The Kier molecular flexibility index (Phi) is 5.15. The molecule has 0 spiro atoms. The average Bonchev–Trinajstić information content (AvgIpc) is 1.31. The first-order chi connectivity index (χ1) is 2.94. The second-order valence-electron chi connectivity index (χ2n) is 0.632. The molecule has 0 fully saturated rings. The maximum absolute atomic E-state index is 9.27. The van der Waals surface area contributed by atoms with Gasteiger partial charge in [-0.15, -0.1) is 0 Å². The van der Waals surface area contributed by atoms with Gasteiger partial charge in [0.1, 0.15) is 0 Å². The van der Waals surface area contributed by atoms with Gasteiger partial charge in [-0.1, -0.05) is 0 Å². The third-order valence-corrected chi connectivity index (χ3v) is 1.55. The molecule has 0 aliphatic heterocycles. The predicted octanol–water partition coefficient (Wildman–Crippen LogP) is -4.22. The van der Waals surface area contributed by atoms with Gasteiger partial charge in [0.25, 0.3) is 0 Å². The zero-order chi connectivity index (χ0) is 6.08. The molecule has 1 atom stereocenters. The molecule has 0 radical (unpaired) electrons. The van der Waals surface area contributed by atoms with Crippen LogP contribution in [-0.2, 0) is 19.3 Å². The summed E-state index contributed by atoms with van der Waals surface area (Å²) in [5, 5.41) is 0. The molecule has 0 amide bonds. The third-order valence-electron chi connectivity index (χ3n) is 0.172. The van der Waals surface area contributed by atoms with Gasteiger partial charge in [-0.2, -0.15) is 8.42 Å². The maximum Gasteiger partial charge on any atom is 1.00 e. The van der Waals surface area contributed by atoms with Crippen molar-refractivity contribution in [2.75, 3.05) is 0 Å². The van der Waals surface area contributed by atoms with Crippen molar-refractivity contribution in [3.63, 3.8) is 0 Å². The van der Waals surface area contributed by atoms with E-state index < -0.39 is 19.3 Å². The zero-order valence-corrected chi connectivity index (χ0v) is 5.53. The summed E-state index contributed by atoms with van der Waals surface area (Å²) in [5.41, 5.74) is 0. The summed E-state index contributed by atoms with van der Waals surface area (Å²) in [6.07, 6.45) is 0. The maximum atomic E-state index is 9.27. The van der Waals surface area contributed by atoms with Crippen molar-refractivity contribution in [3.8, 4) is 0 Å². The van der Waals surface area contributed by atoms with Gasteiger partial charge in [0.2, 0.25) is 0 Å². The SMILES string of the molecule is O=S([O-])S(=O)(=O)O.[H-].[Li+]. The van der Waals surface area contributed by atoms with Gasteiger partial charge in [0, 0.05) is 0 Å². The van der Waals surface area contributed by atoms with Gasteiger partial charge in [-0.25, -0.2) is 0 Å². The number of hydrogen-bond donors (Lipinski definition) is 1. The molecule has 1 N–H and O–H groups in total. The first-order valence-electron chi connectivity index (χ1n) is 1.02. The first kappa shape index (κ1) is 11.4. The van der Waals surface area contributed by atoms with Crippen LogP contribution in [0, 0.1) is 0 Å². The summed E-state index contributed by atoms with van der Waals surface area (Å²) >= 11 is 0. The van der Waals surface area contributed by atoms with Crippen molar-refractivity contribution < 1.29 is 42.0 Å². The van der Waals surface area contributed by atoms with Gasteiger partial charge in [-0.05, 0) is 0 Å². The van der Waals surface area contributed by atoms with Crippen LogP contribution in [0.5, 0.6) is 0 Å². The first-order valence-corrected chi connectivity index (χ1v) is 4.05. The Bertz CT molecular complexity index is 169. The molecule has 8 heavy (non-hydrogen) atoms. The molecule has 0 aromatic carbocycles. The van der Waals surface area contributed by atoms with Gasteiger partial charge >= 0.3 is 28.0 Å². The van der Waals surface area contributed by atoms with Crippen molar-refractivity contribution in [2.24, 2.45) is 0 Å². The summed E-state index contributed by atoms with van der Waals surface area (Å²) in [5.74, 6) is 0. The smallest absolute Gasteiger partial charge is 1.00 e. The van der Waals surface area contributed by atoms with Gasteiger partial charge in [-0.3, -0.25) is 8.76 Å². The average molecular weight is 153 g/mol. The van der Waals surface area contributed by atoms with Crippen molar-refractivity contribution in [2.45, 2.75) is 0 Å². The van der Waals surface area contributed by atoms with Crippen LogP contribution in [0.3, 0.4) is 0 Å². The van der Waals surface area contributed by atoms with E-state index in [2.05, 4.69) is 0 Å². The molecular formula is H2LiO5S2-. The van der Waals surface area contributed by atoms with Crippen LogP contribution in [0.15, 0.2) is 0 Å². The molecule has 0 aliphatic rings. The second kappa shape index (κ2) is 3.61. The third kappa shape index (κ3) is 4.77. The molecule has 0 saturated heterocycles. The largest absolute Gasteiger partial charge is 1.00 e. The van der Waals surface area contributed by atoms with E-state index >= 15 is 0 Å². The minimum Gasteiger partial charge on any atom is -1.00 e. The summed E-state index contributed by atoms with van der Waals surface area (Å²) in [7, 11) is -8.23. The van der Waals surface area contributed by atoms with Crippen molar-refractivity contribution in [3.05, 3.63) is 0 Å². The van der Waals surface area contributed by atoms with Crippen LogP contribution in [0.4, 0.5) is 0 Å². The van der Waals surface area contributed by atoms with Gasteiger partial charge in [0.15, 0.2) is 0 Å². The molecular weight excluding hydrogens is 151 g/mol. The van der Waals surface area contributed by atoms with Crippen molar-refractivity contribution >= 4 is 19.3 Å². The Balaban J connectivity index is -0.000000180. The second-order valence-corrected chi connectivity index (χ2v) is 3.98. The Morgan fingerprint density at radius 1 is 1.62 bits per heavy atom. The van der Waals surface area contributed by atoms with Crippen LogP contribution in [0.1, 0.15) is 1.43 Å². The van der Waals surface area contributed by atoms with E-state index in [9.17, 15) is 17.2 Å². The molecule has 0 heterocycles. The van der Waals surface area contributed by atoms with E-state index in [1.165, 1.54) is 0 Å². The normalized spacial score (nSPS) is 14.2. The summed E-state index contributed by atoms with van der Waals surface area (Å²) in [6.45, 7) is 0. The fourth-order valence-electron chi connectivity index (χ4n) is 0. The van der Waals surface area contributed by atoms with Gasteiger partial charge < -0.3 is 5.98 Å². The van der Waals surface area contributed by atoms with Crippen molar-refractivity contribution in [1.29, 1.82) is 0 Å². The Morgan fingerprint density at radius 2 is 1.75 bits per heavy atom. The Labute approximate surface area is 61.6 Å². The van der Waals surface area contributed by atoms with E-state index in [4.69, 9.17) is 4.55 Å². The minimum atomic E-state index is -4.82. The quantitative estimate of drug-likeness (QED) is 0.178. The van der Waals surface area contributed by atoms with E-state index in [0.29, 0.717) is 0 Å². The molecule has 0 saturated carbocycles. The van der Waals surface area contributed by atoms with Crippen LogP contribution in [-0.4, -0.2) is 21.7 Å². The standard InChI is InChI=1S/Li.H2O5S2.H/c;1-6(2)7(3,4)5;/h;(H,1,2)(H,3,4,5);/q+1;;-1/p-1. The predicted molar refractivity (Wildman–Crippen MR) is 21.6 cm³/mol. The number of rotatable bonds is 1. The van der Waals surface area contributed by atoms with Crippen LogP contribution < -0.4 is 18.9 Å². The van der Waals surface area contributed by atoms with Crippen LogP contribution >= 0.6 is 0 Å². The summed E-state index contributed by atoms with van der Waals surface area (Å²) < 4.78 is 44.4. The van der Waals surface area contributed by atoms with Crippen molar-refractivity contribution in [1.82, 2.24) is 0 Å². The fraction of sp³-hybridized carbons (Fsp3) is 0. The summed E-state index contributed by atoms with van der Waals surface area (Å²) in [4.78, 5) is 0. The molecule has 8 heteroatoms. The zero-order valence-electron chi connectivity index (χ0n) is 4.90. The fourth-order valence-corrected chi connectivity index (χ4v) is 0. The molecule has 0 aliphatic carbocycles. The molecule has 0 aromatic heterocycles. The molecule has 5 nitrogen and oxygen atoms in total.